The maximum Gasteiger partial charge on any atom is 0.353 e. The first kappa shape index (κ1) is 14.5. The number of nitrogens with one attached hydrogen (secondary N) is 2. The van der Waals surface area contributed by atoms with Gasteiger partial charge in [-0.3, -0.25) is 10.1 Å². The average Bonchev–Trinajstić information content (AvgIpc) is 2.38. The van der Waals surface area contributed by atoms with Gasteiger partial charge in [0.2, 0.25) is 11.6 Å². The van der Waals surface area contributed by atoms with Crippen LogP contribution in [0.25, 0.3) is 0 Å². The summed E-state index contributed by atoms with van der Waals surface area (Å²) in [6.45, 7) is 3.37. The molecule has 1 aromatic rings. The van der Waals surface area contributed by atoms with Crippen LogP contribution in [0.3, 0.4) is 0 Å². The number of aromatic nitrogens is 2. The predicted molar refractivity (Wildman–Crippen MR) is 77.9 cm³/mol. The van der Waals surface area contributed by atoms with Crippen LogP contribution in [-0.2, 0) is 0 Å². The lowest BCUT2D eigenvalue weighted by molar-refractivity contribution is -0.383. The summed E-state index contributed by atoms with van der Waals surface area (Å²) in [5, 5.41) is 17.3. The third kappa shape index (κ3) is 3.55. The van der Waals surface area contributed by atoms with Crippen LogP contribution in [-0.4, -0.2) is 28.0 Å². The highest BCUT2D eigenvalue weighted by Gasteiger charge is 2.23. The van der Waals surface area contributed by atoms with Crippen molar-refractivity contribution in [3.63, 3.8) is 0 Å². The molecular weight excluding hydrogens is 258 g/mol. The number of anilines is 2. The molecule has 0 aliphatic heterocycles. The SMILES string of the molecule is CCCNc1ncnc(NCCC2CCC2)c1[N+](=O)[O-]. The van der Waals surface area contributed by atoms with Crippen molar-refractivity contribution < 1.29 is 4.92 Å². The second-order valence-corrected chi connectivity index (χ2v) is 5.12. The van der Waals surface area contributed by atoms with Crippen molar-refractivity contribution in [3.8, 4) is 0 Å². The van der Waals surface area contributed by atoms with E-state index >= 15 is 0 Å². The van der Waals surface area contributed by atoms with Crippen molar-refractivity contribution in [2.24, 2.45) is 5.92 Å². The Morgan fingerprint density at radius 3 is 2.45 bits per heavy atom. The van der Waals surface area contributed by atoms with E-state index in [1.165, 1.54) is 25.6 Å². The minimum absolute atomic E-state index is 0.0606. The first-order valence-corrected chi connectivity index (χ1v) is 7.19. The zero-order chi connectivity index (χ0) is 14.4. The van der Waals surface area contributed by atoms with Crippen LogP contribution in [0.5, 0.6) is 0 Å². The summed E-state index contributed by atoms with van der Waals surface area (Å²) in [5.41, 5.74) is -0.0606. The molecule has 1 aliphatic rings. The summed E-state index contributed by atoms with van der Waals surface area (Å²) in [7, 11) is 0. The Bertz CT molecular complexity index is 462. The van der Waals surface area contributed by atoms with Crippen molar-refractivity contribution in [2.45, 2.75) is 39.0 Å². The van der Waals surface area contributed by atoms with Crippen LogP contribution in [0.4, 0.5) is 17.3 Å². The maximum absolute atomic E-state index is 11.2. The highest BCUT2D eigenvalue weighted by atomic mass is 16.6. The number of hydrogen-bond acceptors (Lipinski definition) is 6. The molecule has 0 spiro atoms. The van der Waals surface area contributed by atoms with E-state index < -0.39 is 4.92 Å². The van der Waals surface area contributed by atoms with Gasteiger partial charge in [0.1, 0.15) is 6.33 Å². The zero-order valence-corrected chi connectivity index (χ0v) is 11.8. The average molecular weight is 279 g/mol. The van der Waals surface area contributed by atoms with E-state index in [0.717, 1.165) is 25.3 Å². The number of nitro groups is 1. The highest BCUT2D eigenvalue weighted by Crippen LogP contribution is 2.31. The molecule has 7 nitrogen and oxygen atoms in total. The van der Waals surface area contributed by atoms with Crippen LogP contribution in [0, 0.1) is 16.0 Å². The van der Waals surface area contributed by atoms with Gasteiger partial charge in [-0.25, -0.2) is 9.97 Å². The molecule has 0 aromatic carbocycles. The van der Waals surface area contributed by atoms with E-state index in [4.69, 9.17) is 0 Å². The molecule has 0 saturated heterocycles. The van der Waals surface area contributed by atoms with Gasteiger partial charge in [-0.15, -0.1) is 0 Å². The smallest absolute Gasteiger partial charge is 0.353 e. The minimum Gasteiger partial charge on any atom is -0.364 e. The Morgan fingerprint density at radius 1 is 1.30 bits per heavy atom. The van der Waals surface area contributed by atoms with Gasteiger partial charge in [0.05, 0.1) is 4.92 Å². The van der Waals surface area contributed by atoms with E-state index in [9.17, 15) is 10.1 Å². The van der Waals surface area contributed by atoms with Gasteiger partial charge in [0, 0.05) is 13.1 Å². The standard InChI is InChI=1S/C13H21N5O2/c1-2-7-14-12-11(18(19)20)13(17-9-16-12)15-8-6-10-4-3-5-10/h9-10H,2-8H2,1H3,(H2,14,15,16,17). The molecule has 1 saturated carbocycles. The summed E-state index contributed by atoms with van der Waals surface area (Å²) in [6, 6.07) is 0. The molecule has 1 heterocycles. The van der Waals surface area contributed by atoms with Gasteiger partial charge in [0.25, 0.3) is 0 Å². The van der Waals surface area contributed by atoms with E-state index in [1.54, 1.807) is 0 Å². The fourth-order valence-electron chi connectivity index (χ4n) is 2.23. The van der Waals surface area contributed by atoms with Crippen LogP contribution in [0.1, 0.15) is 39.0 Å². The molecule has 0 bridgehead atoms. The monoisotopic (exact) mass is 279 g/mol. The maximum atomic E-state index is 11.2. The molecule has 1 aliphatic carbocycles. The van der Waals surface area contributed by atoms with Crippen LogP contribution < -0.4 is 10.6 Å². The molecule has 1 fully saturated rings. The Labute approximate surface area is 118 Å². The number of hydrogen-bond donors (Lipinski definition) is 2. The normalized spacial score (nSPS) is 14.7. The lowest BCUT2D eigenvalue weighted by atomic mass is 9.83. The quantitative estimate of drug-likeness (QED) is 0.561. The summed E-state index contributed by atoms with van der Waals surface area (Å²) >= 11 is 0. The molecule has 0 amide bonds. The highest BCUT2D eigenvalue weighted by molar-refractivity contribution is 5.69. The predicted octanol–water partition coefficient (Wildman–Crippen LogP) is 2.81. The van der Waals surface area contributed by atoms with E-state index in [-0.39, 0.29) is 11.5 Å². The van der Waals surface area contributed by atoms with E-state index in [2.05, 4.69) is 20.6 Å². The minimum atomic E-state index is -0.427. The lowest BCUT2D eigenvalue weighted by Crippen LogP contribution is -2.17. The van der Waals surface area contributed by atoms with Crippen molar-refractivity contribution in [3.05, 3.63) is 16.4 Å². The third-order valence-electron chi connectivity index (χ3n) is 3.62. The van der Waals surface area contributed by atoms with E-state index in [0.29, 0.717) is 12.4 Å². The first-order chi connectivity index (χ1) is 9.72. The fraction of sp³-hybridized carbons (Fsp3) is 0.692. The van der Waals surface area contributed by atoms with Crippen molar-refractivity contribution in [1.82, 2.24) is 9.97 Å². The topological polar surface area (TPSA) is 93.0 Å². The summed E-state index contributed by atoms with van der Waals surface area (Å²) in [4.78, 5) is 18.8. The number of rotatable bonds is 8. The van der Waals surface area contributed by atoms with Gasteiger partial charge in [0.15, 0.2) is 0 Å². The van der Waals surface area contributed by atoms with Gasteiger partial charge < -0.3 is 10.6 Å². The Kier molecular flexibility index (Phi) is 5.09. The number of nitrogens with zero attached hydrogens (tertiary/aromatic N) is 3. The van der Waals surface area contributed by atoms with Crippen LogP contribution >= 0.6 is 0 Å². The van der Waals surface area contributed by atoms with Gasteiger partial charge in [-0.05, 0) is 18.8 Å². The van der Waals surface area contributed by atoms with Crippen molar-refractivity contribution in [1.29, 1.82) is 0 Å². The molecule has 7 heteroatoms. The second-order valence-electron chi connectivity index (χ2n) is 5.12. The summed E-state index contributed by atoms with van der Waals surface area (Å²) in [5.74, 6) is 1.36. The molecule has 20 heavy (non-hydrogen) atoms. The molecule has 110 valence electrons. The molecular formula is C13H21N5O2. The van der Waals surface area contributed by atoms with Crippen molar-refractivity contribution in [2.75, 3.05) is 23.7 Å². The van der Waals surface area contributed by atoms with E-state index in [1.807, 2.05) is 6.92 Å². The Balaban J connectivity index is 2.03. The van der Waals surface area contributed by atoms with Gasteiger partial charge >= 0.3 is 5.69 Å². The molecule has 2 rings (SSSR count). The summed E-state index contributed by atoms with van der Waals surface area (Å²) < 4.78 is 0. The largest absolute Gasteiger partial charge is 0.364 e. The molecule has 0 unspecified atom stereocenters. The molecule has 2 N–H and O–H groups in total. The van der Waals surface area contributed by atoms with Crippen molar-refractivity contribution >= 4 is 17.3 Å². The van der Waals surface area contributed by atoms with Crippen LogP contribution in [0.15, 0.2) is 6.33 Å². The second kappa shape index (κ2) is 7.02. The fourth-order valence-corrected chi connectivity index (χ4v) is 2.23. The van der Waals surface area contributed by atoms with Gasteiger partial charge in [-0.2, -0.15) is 0 Å². The Morgan fingerprint density at radius 2 is 1.95 bits per heavy atom. The van der Waals surface area contributed by atoms with Gasteiger partial charge in [-0.1, -0.05) is 26.2 Å². The van der Waals surface area contributed by atoms with Crippen LogP contribution in [0.2, 0.25) is 0 Å². The molecule has 0 atom stereocenters. The first-order valence-electron chi connectivity index (χ1n) is 7.19. The lowest BCUT2D eigenvalue weighted by Gasteiger charge is -2.25. The third-order valence-corrected chi connectivity index (χ3v) is 3.62. The summed E-state index contributed by atoms with van der Waals surface area (Å²) in [6.07, 6.45) is 7.14. The zero-order valence-electron chi connectivity index (χ0n) is 11.8. The molecule has 1 aromatic heterocycles. The Hall–Kier alpha value is -1.92. The molecule has 0 radical (unpaired) electrons.